The second-order valence-electron chi connectivity index (χ2n) is 3.38. The smallest absolute Gasteiger partial charge is 0.268 e. The van der Waals surface area contributed by atoms with Crippen LogP contribution in [0.15, 0.2) is 12.3 Å². The molecule has 1 aromatic rings. The maximum Gasteiger partial charge on any atom is 0.268 e. The van der Waals surface area contributed by atoms with Crippen molar-refractivity contribution >= 4 is 11.6 Å². The Morgan fingerprint density at radius 2 is 2.57 bits per heavy atom. The Hall–Kier alpha value is -1.49. The normalized spacial score (nSPS) is 21.0. The molecule has 5 heteroatoms. The topological polar surface area (TPSA) is 80.1 Å². The lowest BCUT2D eigenvalue weighted by Crippen LogP contribution is -2.35. The molecule has 0 radical (unpaired) electrons. The molecule has 0 aromatic carbocycles. The average Bonchev–Trinajstić information content (AvgIpc) is 2.75. The lowest BCUT2D eigenvalue weighted by molar-refractivity contribution is 0.0925. The summed E-state index contributed by atoms with van der Waals surface area (Å²) < 4.78 is 5.15. The van der Waals surface area contributed by atoms with Gasteiger partial charge in [-0.25, -0.2) is 0 Å². The Balaban J connectivity index is 1.95. The minimum atomic E-state index is -0.128. The molecule has 0 saturated carbocycles. The highest BCUT2D eigenvalue weighted by Gasteiger charge is 2.18. The number of anilines is 1. The van der Waals surface area contributed by atoms with Crippen molar-refractivity contribution in [3.05, 3.63) is 18.0 Å². The van der Waals surface area contributed by atoms with Crippen LogP contribution >= 0.6 is 0 Å². The molecule has 0 spiro atoms. The summed E-state index contributed by atoms with van der Waals surface area (Å²) in [4.78, 5) is 14.4. The molecule has 1 atom stereocenters. The highest BCUT2D eigenvalue weighted by Crippen LogP contribution is 2.07. The molecular formula is C9H13N3O2. The zero-order chi connectivity index (χ0) is 9.97. The van der Waals surface area contributed by atoms with E-state index < -0.39 is 0 Å². The molecule has 1 saturated heterocycles. The molecule has 1 aliphatic rings. The van der Waals surface area contributed by atoms with E-state index in [-0.39, 0.29) is 11.9 Å². The first-order valence-electron chi connectivity index (χ1n) is 4.58. The Morgan fingerprint density at radius 1 is 1.71 bits per heavy atom. The van der Waals surface area contributed by atoms with Gasteiger partial charge in [-0.15, -0.1) is 0 Å². The molecule has 76 valence electrons. The van der Waals surface area contributed by atoms with Crippen LogP contribution in [0.3, 0.4) is 0 Å². The Morgan fingerprint density at radius 3 is 3.14 bits per heavy atom. The van der Waals surface area contributed by atoms with Gasteiger partial charge in [0.1, 0.15) is 5.69 Å². The van der Waals surface area contributed by atoms with Crippen LogP contribution in [0.2, 0.25) is 0 Å². The number of carbonyl (C=O) groups excluding carboxylic acids is 1. The maximum absolute atomic E-state index is 11.6. The standard InChI is InChI=1S/C9H13N3O2/c10-6-3-8(11-4-6)9(13)12-7-1-2-14-5-7/h3-4,7,11H,1-2,5,10H2,(H,12,13). The van der Waals surface area contributed by atoms with Gasteiger partial charge < -0.3 is 20.8 Å². The number of aromatic amines is 1. The number of hydrogen-bond donors (Lipinski definition) is 3. The van der Waals surface area contributed by atoms with Crippen molar-refractivity contribution in [2.75, 3.05) is 18.9 Å². The van der Waals surface area contributed by atoms with E-state index in [0.717, 1.165) is 13.0 Å². The van der Waals surface area contributed by atoms with Gasteiger partial charge in [0, 0.05) is 18.5 Å². The van der Waals surface area contributed by atoms with E-state index in [1.165, 1.54) is 0 Å². The predicted octanol–water partition coefficient (Wildman–Crippen LogP) is 0.116. The predicted molar refractivity (Wildman–Crippen MR) is 51.9 cm³/mol. The largest absolute Gasteiger partial charge is 0.397 e. The summed E-state index contributed by atoms with van der Waals surface area (Å²) in [5.74, 6) is -0.128. The van der Waals surface area contributed by atoms with E-state index in [9.17, 15) is 4.79 Å². The number of nitrogens with one attached hydrogen (secondary N) is 2. The second kappa shape index (κ2) is 3.71. The second-order valence-corrected chi connectivity index (χ2v) is 3.38. The summed E-state index contributed by atoms with van der Waals surface area (Å²) in [7, 11) is 0. The van der Waals surface area contributed by atoms with Crippen LogP contribution in [0.5, 0.6) is 0 Å². The van der Waals surface area contributed by atoms with Gasteiger partial charge in [-0.05, 0) is 12.5 Å². The zero-order valence-corrected chi connectivity index (χ0v) is 7.75. The van der Waals surface area contributed by atoms with Gasteiger partial charge in [-0.1, -0.05) is 0 Å². The van der Waals surface area contributed by atoms with Crippen LogP contribution < -0.4 is 11.1 Å². The summed E-state index contributed by atoms with van der Waals surface area (Å²) in [6, 6.07) is 1.75. The lowest BCUT2D eigenvalue weighted by atomic mass is 10.2. The summed E-state index contributed by atoms with van der Waals surface area (Å²) in [6.07, 6.45) is 2.47. The highest BCUT2D eigenvalue weighted by atomic mass is 16.5. The number of hydrogen-bond acceptors (Lipinski definition) is 3. The third-order valence-electron chi connectivity index (χ3n) is 2.21. The van der Waals surface area contributed by atoms with E-state index in [0.29, 0.717) is 18.0 Å². The molecule has 4 N–H and O–H groups in total. The molecule has 0 aliphatic carbocycles. The molecule has 14 heavy (non-hydrogen) atoms. The van der Waals surface area contributed by atoms with Crippen molar-refractivity contribution in [2.45, 2.75) is 12.5 Å². The maximum atomic E-state index is 11.6. The first-order chi connectivity index (χ1) is 6.75. The van der Waals surface area contributed by atoms with Crippen molar-refractivity contribution in [3.8, 4) is 0 Å². The monoisotopic (exact) mass is 195 g/mol. The highest BCUT2D eigenvalue weighted by molar-refractivity contribution is 5.93. The number of nitrogen functional groups attached to an aromatic ring is 1. The molecular weight excluding hydrogens is 182 g/mol. The third-order valence-corrected chi connectivity index (χ3v) is 2.21. The number of rotatable bonds is 2. The van der Waals surface area contributed by atoms with Crippen LogP contribution in [-0.2, 0) is 4.74 Å². The van der Waals surface area contributed by atoms with Crippen molar-refractivity contribution in [3.63, 3.8) is 0 Å². The molecule has 5 nitrogen and oxygen atoms in total. The van der Waals surface area contributed by atoms with Gasteiger partial charge in [0.15, 0.2) is 0 Å². The molecule has 1 fully saturated rings. The van der Waals surface area contributed by atoms with Gasteiger partial charge in [0.05, 0.1) is 12.6 Å². The number of carbonyl (C=O) groups is 1. The molecule has 0 bridgehead atoms. The van der Waals surface area contributed by atoms with Crippen molar-refractivity contribution < 1.29 is 9.53 Å². The quantitative estimate of drug-likeness (QED) is 0.626. The SMILES string of the molecule is Nc1c[nH]c(C(=O)NC2CCOC2)c1. The minimum absolute atomic E-state index is 0.128. The number of ether oxygens (including phenoxy) is 1. The number of H-pyrrole nitrogens is 1. The molecule has 1 aliphatic heterocycles. The fourth-order valence-corrected chi connectivity index (χ4v) is 1.45. The van der Waals surface area contributed by atoms with Crippen LogP contribution in [-0.4, -0.2) is 30.1 Å². The van der Waals surface area contributed by atoms with Crippen molar-refractivity contribution in [2.24, 2.45) is 0 Å². The van der Waals surface area contributed by atoms with Gasteiger partial charge in [-0.2, -0.15) is 0 Å². The number of amides is 1. The first kappa shape index (κ1) is 9.08. The summed E-state index contributed by atoms with van der Waals surface area (Å²) >= 11 is 0. The molecule has 2 heterocycles. The van der Waals surface area contributed by atoms with Gasteiger partial charge in [0.2, 0.25) is 0 Å². The van der Waals surface area contributed by atoms with Crippen molar-refractivity contribution in [1.82, 2.24) is 10.3 Å². The van der Waals surface area contributed by atoms with Crippen LogP contribution in [0.1, 0.15) is 16.9 Å². The van der Waals surface area contributed by atoms with Gasteiger partial charge in [0.25, 0.3) is 5.91 Å². The summed E-state index contributed by atoms with van der Waals surface area (Å²) in [5.41, 5.74) is 6.55. The van der Waals surface area contributed by atoms with E-state index in [1.807, 2.05) is 0 Å². The van der Waals surface area contributed by atoms with Crippen LogP contribution in [0.4, 0.5) is 5.69 Å². The third kappa shape index (κ3) is 1.88. The van der Waals surface area contributed by atoms with Gasteiger partial charge >= 0.3 is 0 Å². The van der Waals surface area contributed by atoms with E-state index in [1.54, 1.807) is 12.3 Å². The fraction of sp³-hybridized carbons (Fsp3) is 0.444. The Labute approximate surface area is 81.6 Å². The average molecular weight is 195 g/mol. The minimum Gasteiger partial charge on any atom is -0.397 e. The lowest BCUT2D eigenvalue weighted by Gasteiger charge is -2.08. The molecule has 1 aromatic heterocycles. The number of nitrogens with two attached hydrogens (primary N) is 1. The van der Waals surface area contributed by atoms with Crippen LogP contribution in [0.25, 0.3) is 0 Å². The Kier molecular flexibility index (Phi) is 2.41. The van der Waals surface area contributed by atoms with E-state index >= 15 is 0 Å². The van der Waals surface area contributed by atoms with E-state index in [2.05, 4.69) is 10.3 Å². The fourth-order valence-electron chi connectivity index (χ4n) is 1.45. The molecule has 2 rings (SSSR count). The summed E-state index contributed by atoms with van der Waals surface area (Å²) in [5, 5.41) is 2.86. The zero-order valence-electron chi connectivity index (χ0n) is 7.75. The Bertz CT molecular complexity index is 329. The molecule has 1 amide bonds. The van der Waals surface area contributed by atoms with Crippen molar-refractivity contribution in [1.29, 1.82) is 0 Å². The molecule has 1 unspecified atom stereocenters. The van der Waals surface area contributed by atoms with Gasteiger partial charge in [-0.3, -0.25) is 4.79 Å². The van der Waals surface area contributed by atoms with E-state index in [4.69, 9.17) is 10.5 Å². The van der Waals surface area contributed by atoms with Crippen LogP contribution in [0, 0.1) is 0 Å². The number of aromatic nitrogens is 1. The summed E-state index contributed by atoms with van der Waals surface area (Å²) in [6.45, 7) is 1.32. The first-order valence-corrected chi connectivity index (χ1v) is 4.58.